The monoisotopic (exact) mass is 422 g/mol. The minimum Gasteiger partial charge on any atom is -0.337 e. The first-order chi connectivity index (χ1) is 15.0. The lowest BCUT2D eigenvalue weighted by Crippen LogP contribution is -2.38. The summed E-state index contributed by atoms with van der Waals surface area (Å²) in [4.78, 5) is 26.2. The first kappa shape index (κ1) is 21.1. The van der Waals surface area contributed by atoms with Gasteiger partial charge in [-0.1, -0.05) is 26.0 Å². The Morgan fingerprint density at radius 2 is 2.00 bits per heavy atom. The molecule has 0 spiro atoms. The number of likely N-dealkylation sites (tertiary alicyclic amines) is 1. The van der Waals surface area contributed by atoms with Crippen LogP contribution in [0.15, 0.2) is 42.7 Å². The third-order valence-electron chi connectivity index (χ3n) is 6.00. The average molecular weight is 423 g/mol. The van der Waals surface area contributed by atoms with E-state index in [0.29, 0.717) is 34.5 Å². The summed E-state index contributed by atoms with van der Waals surface area (Å²) in [6, 6.07) is 8.53. The fourth-order valence-corrected chi connectivity index (χ4v) is 4.23. The van der Waals surface area contributed by atoms with Gasteiger partial charge in [-0.3, -0.25) is 9.69 Å². The Bertz CT molecular complexity index is 1080. The zero-order valence-electron chi connectivity index (χ0n) is 18.1. The van der Waals surface area contributed by atoms with Gasteiger partial charge in [0.15, 0.2) is 0 Å². The zero-order chi connectivity index (χ0) is 22.0. The number of halogens is 1. The Hall–Kier alpha value is -3.13. The van der Waals surface area contributed by atoms with Gasteiger partial charge in [0.25, 0.3) is 11.9 Å². The van der Waals surface area contributed by atoms with Crippen LogP contribution in [0.2, 0.25) is 0 Å². The third kappa shape index (κ3) is 4.07. The zero-order valence-corrected chi connectivity index (χ0v) is 18.1. The Morgan fingerprint density at radius 1 is 1.23 bits per heavy atom. The van der Waals surface area contributed by atoms with Gasteiger partial charge >= 0.3 is 0 Å². The smallest absolute Gasteiger partial charge is 0.257 e. The molecule has 2 aromatic heterocycles. The quantitative estimate of drug-likeness (QED) is 0.610. The Kier molecular flexibility index (Phi) is 6.08. The molecule has 3 heterocycles. The highest BCUT2D eigenvalue weighted by molar-refractivity contribution is 5.95. The fraction of sp³-hybridized carbons (Fsp3) is 0.391. The minimum absolute atomic E-state index is 0.0244. The number of likely N-dealkylation sites (N-methyl/N-ethyl adjacent to an activating group) is 1. The number of carbonyl (C=O) groups excluding carboxylic acids is 1. The Balaban J connectivity index is 1.57. The minimum atomic E-state index is -0.350. The van der Waals surface area contributed by atoms with Crippen LogP contribution in [0.1, 0.15) is 36.3 Å². The summed E-state index contributed by atoms with van der Waals surface area (Å²) in [6.45, 7) is 9.56. The van der Waals surface area contributed by atoms with Crippen LogP contribution in [-0.2, 0) is 0 Å². The maximum absolute atomic E-state index is 14.2. The first-order valence-corrected chi connectivity index (χ1v) is 10.7. The van der Waals surface area contributed by atoms with Gasteiger partial charge in [0, 0.05) is 30.9 Å². The van der Waals surface area contributed by atoms with Crippen molar-refractivity contribution in [2.45, 2.75) is 33.2 Å². The summed E-state index contributed by atoms with van der Waals surface area (Å²) < 4.78 is 15.7. The Morgan fingerprint density at radius 3 is 2.74 bits per heavy atom. The summed E-state index contributed by atoms with van der Waals surface area (Å²) in [7, 11) is 0. The van der Waals surface area contributed by atoms with E-state index in [0.717, 1.165) is 32.6 Å². The van der Waals surface area contributed by atoms with Gasteiger partial charge in [-0.25, -0.2) is 19.0 Å². The van der Waals surface area contributed by atoms with Crippen LogP contribution in [0.25, 0.3) is 17.2 Å². The van der Waals surface area contributed by atoms with Crippen molar-refractivity contribution in [2.75, 3.05) is 26.2 Å². The number of benzene rings is 1. The SMILES string of the molecule is CCN(CC)C1CCN(C(=O)c2cnn(-c3nccc(-c4ccccc4F)n3)c2C)C1. The molecule has 1 saturated heterocycles. The molecule has 1 aromatic carbocycles. The molecule has 4 rings (SSSR count). The molecule has 0 saturated carbocycles. The van der Waals surface area contributed by atoms with E-state index in [9.17, 15) is 9.18 Å². The fourth-order valence-electron chi connectivity index (χ4n) is 4.23. The Labute approximate surface area is 181 Å². The van der Waals surface area contributed by atoms with Crippen molar-refractivity contribution >= 4 is 5.91 Å². The van der Waals surface area contributed by atoms with E-state index in [1.165, 1.54) is 10.7 Å². The first-order valence-electron chi connectivity index (χ1n) is 10.7. The van der Waals surface area contributed by atoms with Crippen LogP contribution in [0.4, 0.5) is 4.39 Å². The maximum atomic E-state index is 14.2. The number of hydrogen-bond acceptors (Lipinski definition) is 5. The van der Waals surface area contributed by atoms with Gasteiger partial charge in [-0.05, 0) is 44.6 Å². The molecule has 1 fully saturated rings. The second-order valence-electron chi connectivity index (χ2n) is 7.69. The van der Waals surface area contributed by atoms with Crippen molar-refractivity contribution in [1.82, 2.24) is 29.5 Å². The van der Waals surface area contributed by atoms with Gasteiger partial charge in [0.2, 0.25) is 0 Å². The topological polar surface area (TPSA) is 67.2 Å². The van der Waals surface area contributed by atoms with Crippen molar-refractivity contribution in [3.8, 4) is 17.2 Å². The van der Waals surface area contributed by atoms with Gasteiger partial charge in [-0.15, -0.1) is 0 Å². The van der Waals surface area contributed by atoms with E-state index in [1.807, 2.05) is 11.8 Å². The maximum Gasteiger partial charge on any atom is 0.257 e. The molecule has 3 aromatic rings. The van der Waals surface area contributed by atoms with Gasteiger partial charge in [0.1, 0.15) is 5.82 Å². The van der Waals surface area contributed by atoms with Gasteiger partial charge in [0.05, 0.1) is 23.1 Å². The lowest BCUT2D eigenvalue weighted by molar-refractivity contribution is 0.0777. The highest BCUT2D eigenvalue weighted by atomic mass is 19.1. The van der Waals surface area contributed by atoms with Crippen LogP contribution in [-0.4, -0.2) is 67.7 Å². The van der Waals surface area contributed by atoms with E-state index in [4.69, 9.17) is 0 Å². The molecule has 7 nitrogen and oxygen atoms in total. The highest BCUT2D eigenvalue weighted by Crippen LogP contribution is 2.23. The van der Waals surface area contributed by atoms with Crippen molar-refractivity contribution in [3.63, 3.8) is 0 Å². The normalized spacial score (nSPS) is 16.3. The molecule has 1 atom stereocenters. The highest BCUT2D eigenvalue weighted by Gasteiger charge is 2.31. The van der Waals surface area contributed by atoms with Gasteiger partial charge in [-0.2, -0.15) is 5.10 Å². The number of carbonyl (C=O) groups is 1. The third-order valence-corrected chi connectivity index (χ3v) is 6.00. The lowest BCUT2D eigenvalue weighted by atomic mass is 10.1. The second kappa shape index (κ2) is 8.93. The van der Waals surface area contributed by atoms with E-state index in [2.05, 4.69) is 33.8 Å². The molecule has 1 unspecified atom stereocenters. The molecule has 8 heteroatoms. The average Bonchev–Trinajstić information content (AvgIpc) is 3.42. The molecule has 1 aliphatic rings. The summed E-state index contributed by atoms with van der Waals surface area (Å²) in [5.41, 5.74) is 2.07. The van der Waals surface area contributed by atoms with Crippen molar-refractivity contribution < 1.29 is 9.18 Å². The lowest BCUT2D eigenvalue weighted by Gasteiger charge is -2.26. The molecule has 0 aliphatic carbocycles. The van der Waals surface area contributed by atoms with Crippen LogP contribution in [0.3, 0.4) is 0 Å². The summed E-state index contributed by atoms with van der Waals surface area (Å²) in [5.74, 6) is -0.0691. The molecule has 31 heavy (non-hydrogen) atoms. The molecule has 0 N–H and O–H groups in total. The van der Waals surface area contributed by atoms with Crippen LogP contribution >= 0.6 is 0 Å². The van der Waals surface area contributed by atoms with E-state index < -0.39 is 0 Å². The molecule has 1 aliphatic heterocycles. The largest absolute Gasteiger partial charge is 0.337 e. The summed E-state index contributed by atoms with van der Waals surface area (Å²) >= 11 is 0. The summed E-state index contributed by atoms with van der Waals surface area (Å²) in [6.07, 6.45) is 4.12. The van der Waals surface area contributed by atoms with Crippen LogP contribution < -0.4 is 0 Å². The molecule has 0 bridgehead atoms. The summed E-state index contributed by atoms with van der Waals surface area (Å²) in [5, 5.41) is 4.36. The number of rotatable bonds is 6. The second-order valence-corrected chi connectivity index (χ2v) is 7.69. The van der Waals surface area contributed by atoms with E-state index >= 15 is 0 Å². The predicted molar refractivity (Wildman–Crippen MR) is 117 cm³/mol. The van der Waals surface area contributed by atoms with Crippen LogP contribution in [0, 0.1) is 12.7 Å². The van der Waals surface area contributed by atoms with Crippen molar-refractivity contribution in [1.29, 1.82) is 0 Å². The number of aromatic nitrogens is 4. The molecule has 162 valence electrons. The van der Waals surface area contributed by atoms with E-state index in [-0.39, 0.29) is 11.7 Å². The number of nitrogens with zero attached hydrogens (tertiary/aromatic N) is 6. The molecule has 1 amide bonds. The molecular formula is C23H27FN6O. The standard InChI is InChI=1S/C23H27FN6O/c1-4-28(5-2)17-11-13-29(15-17)22(31)19-14-26-30(16(19)3)23-25-12-10-21(27-23)18-8-6-7-9-20(18)24/h6-10,12,14,17H,4-5,11,13,15H2,1-3H3. The van der Waals surface area contributed by atoms with E-state index in [1.54, 1.807) is 36.7 Å². The van der Waals surface area contributed by atoms with Crippen molar-refractivity contribution in [3.05, 3.63) is 59.8 Å². The van der Waals surface area contributed by atoms with Crippen LogP contribution in [0.5, 0.6) is 0 Å². The van der Waals surface area contributed by atoms with Gasteiger partial charge < -0.3 is 4.90 Å². The number of hydrogen-bond donors (Lipinski definition) is 0. The molecule has 0 radical (unpaired) electrons. The molecular weight excluding hydrogens is 395 g/mol. The predicted octanol–water partition coefficient (Wildman–Crippen LogP) is 3.33. The van der Waals surface area contributed by atoms with Crippen molar-refractivity contribution in [2.24, 2.45) is 0 Å². The number of amides is 1.